The van der Waals surface area contributed by atoms with Crippen LogP contribution in [0.5, 0.6) is 0 Å². The second kappa shape index (κ2) is 4.51. The maximum Gasteiger partial charge on any atom is 0.0967 e. The monoisotopic (exact) mass is 223 g/mol. The lowest BCUT2D eigenvalue weighted by Gasteiger charge is -2.30. The number of nitrogens with zero attached hydrogens (tertiary/aromatic N) is 4. The Bertz CT molecular complexity index is 344. The zero-order chi connectivity index (χ0) is 11.6. The van der Waals surface area contributed by atoms with Crippen molar-refractivity contribution in [1.82, 2.24) is 19.9 Å². The molecule has 2 N–H and O–H groups in total. The van der Waals surface area contributed by atoms with Gasteiger partial charge >= 0.3 is 0 Å². The van der Waals surface area contributed by atoms with Crippen LogP contribution in [0.4, 0.5) is 0 Å². The molecule has 5 nitrogen and oxygen atoms in total. The normalized spacial score (nSPS) is 20.4. The lowest BCUT2D eigenvalue weighted by Crippen LogP contribution is -2.37. The van der Waals surface area contributed by atoms with Gasteiger partial charge in [-0.25, -0.2) is 0 Å². The molecule has 1 aliphatic rings. The molecule has 16 heavy (non-hydrogen) atoms. The molecule has 5 heteroatoms. The number of likely N-dealkylation sites (tertiary alicyclic amines) is 1. The highest BCUT2D eigenvalue weighted by molar-refractivity contribution is 4.97. The summed E-state index contributed by atoms with van der Waals surface area (Å²) in [5.74, 6) is 0. The molecule has 2 heterocycles. The second-order valence-electron chi connectivity index (χ2n) is 5.10. The van der Waals surface area contributed by atoms with E-state index in [1.807, 2.05) is 10.9 Å². The Labute approximate surface area is 96.6 Å². The first kappa shape index (κ1) is 11.5. The highest BCUT2D eigenvalue weighted by atomic mass is 15.4. The van der Waals surface area contributed by atoms with Crippen molar-refractivity contribution >= 4 is 0 Å². The lowest BCUT2D eigenvalue weighted by atomic mass is 10.0. The maximum atomic E-state index is 5.48. The summed E-state index contributed by atoms with van der Waals surface area (Å²) >= 11 is 0. The van der Waals surface area contributed by atoms with Crippen molar-refractivity contribution in [3.05, 3.63) is 11.9 Å². The Morgan fingerprint density at radius 1 is 1.50 bits per heavy atom. The van der Waals surface area contributed by atoms with Crippen LogP contribution in [0.3, 0.4) is 0 Å². The summed E-state index contributed by atoms with van der Waals surface area (Å²) < 4.78 is 1.82. The van der Waals surface area contributed by atoms with Crippen molar-refractivity contribution in [3.63, 3.8) is 0 Å². The average Bonchev–Trinajstić information content (AvgIpc) is 2.76. The van der Waals surface area contributed by atoms with E-state index in [1.54, 1.807) is 0 Å². The van der Waals surface area contributed by atoms with Crippen molar-refractivity contribution in [2.75, 3.05) is 13.1 Å². The molecule has 0 saturated carbocycles. The molecule has 0 bridgehead atoms. The van der Waals surface area contributed by atoms with Gasteiger partial charge in [0.2, 0.25) is 0 Å². The number of aromatic nitrogens is 3. The smallest absolute Gasteiger partial charge is 0.0967 e. The molecule has 0 atom stereocenters. The van der Waals surface area contributed by atoms with Crippen LogP contribution in [-0.4, -0.2) is 38.5 Å². The summed E-state index contributed by atoms with van der Waals surface area (Å²) in [5, 5.41) is 8.24. The van der Waals surface area contributed by atoms with Crippen molar-refractivity contribution in [1.29, 1.82) is 0 Å². The molecular weight excluding hydrogens is 202 g/mol. The van der Waals surface area contributed by atoms with Crippen LogP contribution in [0.2, 0.25) is 0 Å². The topological polar surface area (TPSA) is 60.0 Å². The van der Waals surface area contributed by atoms with Crippen molar-refractivity contribution < 1.29 is 0 Å². The molecule has 0 amide bonds. The summed E-state index contributed by atoms with van der Waals surface area (Å²) in [6.07, 6.45) is 4.55. The van der Waals surface area contributed by atoms with E-state index in [2.05, 4.69) is 29.1 Å². The van der Waals surface area contributed by atoms with Crippen LogP contribution in [0, 0.1) is 0 Å². The molecule has 2 rings (SSSR count). The molecule has 0 radical (unpaired) electrons. The van der Waals surface area contributed by atoms with Crippen LogP contribution in [0.25, 0.3) is 0 Å². The third-order valence-corrected chi connectivity index (χ3v) is 3.37. The Morgan fingerprint density at radius 3 is 2.94 bits per heavy atom. The highest BCUT2D eigenvalue weighted by Gasteiger charge is 2.31. The quantitative estimate of drug-likeness (QED) is 0.812. The van der Waals surface area contributed by atoms with Gasteiger partial charge in [-0.2, -0.15) is 0 Å². The number of nitrogens with two attached hydrogens (primary N) is 1. The molecule has 90 valence electrons. The third-order valence-electron chi connectivity index (χ3n) is 3.37. The summed E-state index contributed by atoms with van der Waals surface area (Å²) in [7, 11) is 0. The van der Waals surface area contributed by atoms with Gasteiger partial charge in [-0.3, -0.25) is 9.58 Å². The van der Waals surface area contributed by atoms with Gasteiger partial charge in [0, 0.05) is 24.8 Å². The van der Waals surface area contributed by atoms with E-state index >= 15 is 0 Å². The predicted molar refractivity (Wildman–Crippen MR) is 62.8 cm³/mol. The zero-order valence-electron chi connectivity index (χ0n) is 10.2. The number of hydrogen-bond acceptors (Lipinski definition) is 4. The Kier molecular flexibility index (Phi) is 3.25. The third kappa shape index (κ3) is 2.41. The minimum atomic E-state index is 0.303. The number of hydrogen-bond donors (Lipinski definition) is 1. The summed E-state index contributed by atoms with van der Waals surface area (Å²) in [6, 6.07) is 0. The molecule has 1 aromatic rings. The Hall–Kier alpha value is -0.940. The lowest BCUT2D eigenvalue weighted by molar-refractivity contribution is 0.164. The summed E-state index contributed by atoms with van der Waals surface area (Å²) in [6.45, 7) is 8.01. The summed E-state index contributed by atoms with van der Waals surface area (Å²) in [4.78, 5) is 2.48. The Morgan fingerprint density at radius 2 is 2.31 bits per heavy atom. The van der Waals surface area contributed by atoms with Crippen LogP contribution >= 0.6 is 0 Å². The van der Waals surface area contributed by atoms with E-state index in [0.29, 0.717) is 12.1 Å². The fraction of sp³-hybridized carbons (Fsp3) is 0.818. The van der Waals surface area contributed by atoms with E-state index in [-0.39, 0.29) is 0 Å². The second-order valence-corrected chi connectivity index (χ2v) is 5.10. The van der Waals surface area contributed by atoms with E-state index in [4.69, 9.17) is 5.73 Å². The molecule has 0 unspecified atom stereocenters. The molecule has 1 aliphatic heterocycles. The fourth-order valence-electron chi connectivity index (χ4n) is 2.30. The minimum absolute atomic E-state index is 0.303. The Balaban J connectivity index is 1.98. The first-order valence-corrected chi connectivity index (χ1v) is 5.96. The number of rotatable bonds is 4. The first-order chi connectivity index (χ1) is 7.62. The van der Waals surface area contributed by atoms with E-state index in [0.717, 1.165) is 25.3 Å². The fourth-order valence-corrected chi connectivity index (χ4v) is 2.30. The van der Waals surface area contributed by atoms with Crippen LogP contribution in [0.1, 0.15) is 32.4 Å². The van der Waals surface area contributed by atoms with Gasteiger partial charge in [0.1, 0.15) is 0 Å². The van der Waals surface area contributed by atoms with Gasteiger partial charge in [0.25, 0.3) is 0 Å². The largest absolute Gasteiger partial charge is 0.329 e. The van der Waals surface area contributed by atoms with Gasteiger partial charge in [0.05, 0.1) is 12.2 Å². The highest BCUT2D eigenvalue weighted by Crippen LogP contribution is 2.29. The van der Waals surface area contributed by atoms with Crippen LogP contribution in [-0.2, 0) is 13.1 Å². The maximum absolute atomic E-state index is 5.48. The minimum Gasteiger partial charge on any atom is -0.329 e. The zero-order valence-corrected chi connectivity index (χ0v) is 10.2. The molecule has 0 aliphatic carbocycles. The molecule has 1 fully saturated rings. The van der Waals surface area contributed by atoms with E-state index < -0.39 is 0 Å². The van der Waals surface area contributed by atoms with Gasteiger partial charge in [-0.05, 0) is 33.2 Å². The standard InChI is InChI=1S/C11H21N5/c1-11(2)4-3-6-15(11)8-10-9-16(7-5-12)14-13-10/h9H,3-8,12H2,1-2H3. The van der Waals surface area contributed by atoms with Gasteiger partial charge in [-0.1, -0.05) is 5.21 Å². The average molecular weight is 223 g/mol. The van der Waals surface area contributed by atoms with E-state index in [9.17, 15) is 0 Å². The molecule has 1 aromatic heterocycles. The summed E-state index contributed by atoms with van der Waals surface area (Å²) in [5.41, 5.74) is 6.83. The van der Waals surface area contributed by atoms with Gasteiger partial charge in [0.15, 0.2) is 0 Å². The van der Waals surface area contributed by atoms with Gasteiger partial charge < -0.3 is 5.73 Å². The predicted octanol–water partition coefficient (Wildman–Crippen LogP) is 0.611. The molecule has 0 spiro atoms. The SMILES string of the molecule is CC1(C)CCCN1Cc1cn(CCN)nn1. The first-order valence-electron chi connectivity index (χ1n) is 5.96. The molecule has 0 aromatic carbocycles. The van der Waals surface area contributed by atoms with Crippen LogP contribution in [0.15, 0.2) is 6.20 Å². The molecule has 1 saturated heterocycles. The van der Waals surface area contributed by atoms with E-state index in [1.165, 1.54) is 12.8 Å². The van der Waals surface area contributed by atoms with Crippen molar-refractivity contribution in [2.45, 2.75) is 45.3 Å². The van der Waals surface area contributed by atoms with Crippen molar-refractivity contribution in [2.24, 2.45) is 5.73 Å². The van der Waals surface area contributed by atoms with Crippen LogP contribution < -0.4 is 5.73 Å². The van der Waals surface area contributed by atoms with Gasteiger partial charge in [-0.15, -0.1) is 5.10 Å². The molecular formula is C11H21N5. The van der Waals surface area contributed by atoms with Crippen molar-refractivity contribution in [3.8, 4) is 0 Å².